The Morgan fingerprint density at radius 3 is 3.04 bits per heavy atom. The molecular weight excluding hydrogens is 394 g/mol. The molecule has 0 aliphatic heterocycles. The first-order valence-electron chi connectivity index (χ1n) is 7.08. The van der Waals surface area contributed by atoms with Crippen LogP contribution in [0.2, 0.25) is 0 Å². The fourth-order valence-corrected chi connectivity index (χ4v) is 3.21. The van der Waals surface area contributed by atoms with Crippen molar-refractivity contribution in [1.29, 1.82) is 0 Å². The number of carbonyl (C=O) groups excluding carboxylic acids is 1. The lowest BCUT2D eigenvalue weighted by molar-refractivity contribution is -0.118. The fraction of sp³-hybridized carbons (Fsp3) is 0.312. The van der Waals surface area contributed by atoms with Gasteiger partial charge in [-0.1, -0.05) is 33.6 Å². The number of thioether (sulfide) groups is 1. The number of halogens is 1. The third kappa shape index (κ3) is 4.60. The van der Waals surface area contributed by atoms with Gasteiger partial charge in [0, 0.05) is 11.6 Å². The average molecular weight is 410 g/mol. The van der Waals surface area contributed by atoms with Crippen LogP contribution in [0, 0.1) is 12.3 Å². The SMILES string of the molecule is C#CCNC(=O)CSc1nc2ccc(Br)cc2c(=O)n1CCOC. The van der Waals surface area contributed by atoms with E-state index in [1.807, 2.05) is 6.07 Å². The molecule has 1 heterocycles. The van der Waals surface area contributed by atoms with Crippen molar-refractivity contribution in [3.63, 3.8) is 0 Å². The number of carbonyl (C=O) groups is 1. The zero-order valence-corrected chi connectivity index (χ0v) is 15.4. The summed E-state index contributed by atoms with van der Waals surface area (Å²) < 4.78 is 7.39. The first-order chi connectivity index (χ1) is 11.6. The van der Waals surface area contributed by atoms with E-state index in [4.69, 9.17) is 11.2 Å². The van der Waals surface area contributed by atoms with Crippen LogP contribution >= 0.6 is 27.7 Å². The molecule has 0 aliphatic carbocycles. The Morgan fingerprint density at radius 2 is 2.33 bits per heavy atom. The largest absolute Gasteiger partial charge is 0.383 e. The van der Waals surface area contributed by atoms with Gasteiger partial charge in [-0.3, -0.25) is 14.2 Å². The van der Waals surface area contributed by atoms with Gasteiger partial charge >= 0.3 is 0 Å². The number of nitrogens with one attached hydrogen (secondary N) is 1. The van der Waals surface area contributed by atoms with Gasteiger partial charge in [0.15, 0.2) is 5.16 Å². The van der Waals surface area contributed by atoms with Crippen LogP contribution in [0.25, 0.3) is 10.9 Å². The highest BCUT2D eigenvalue weighted by Crippen LogP contribution is 2.20. The summed E-state index contributed by atoms with van der Waals surface area (Å²) in [6, 6.07) is 5.33. The van der Waals surface area contributed by atoms with E-state index in [-0.39, 0.29) is 23.8 Å². The number of hydrogen-bond donors (Lipinski definition) is 1. The van der Waals surface area contributed by atoms with Crippen molar-refractivity contribution >= 4 is 44.5 Å². The zero-order chi connectivity index (χ0) is 17.5. The Kier molecular flexibility index (Phi) is 6.85. The normalized spacial score (nSPS) is 10.5. The molecular formula is C16H16BrN3O3S. The van der Waals surface area contributed by atoms with Crippen LogP contribution in [0.5, 0.6) is 0 Å². The van der Waals surface area contributed by atoms with Gasteiger partial charge in [0.2, 0.25) is 5.91 Å². The van der Waals surface area contributed by atoms with E-state index in [0.717, 1.165) is 4.47 Å². The molecule has 2 rings (SSSR count). The summed E-state index contributed by atoms with van der Waals surface area (Å²) >= 11 is 4.55. The molecule has 0 spiro atoms. The van der Waals surface area contributed by atoms with E-state index in [1.54, 1.807) is 19.2 Å². The number of fused-ring (bicyclic) bond motifs is 1. The summed E-state index contributed by atoms with van der Waals surface area (Å²) in [6.45, 7) is 0.909. The summed E-state index contributed by atoms with van der Waals surface area (Å²) in [4.78, 5) is 29.0. The van der Waals surface area contributed by atoms with Crippen LogP contribution < -0.4 is 10.9 Å². The van der Waals surface area contributed by atoms with Crippen LogP contribution in [0.4, 0.5) is 0 Å². The second-order valence-electron chi connectivity index (χ2n) is 4.77. The van der Waals surface area contributed by atoms with Gasteiger partial charge < -0.3 is 10.1 Å². The van der Waals surface area contributed by atoms with Crippen molar-refractivity contribution in [1.82, 2.24) is 14.9 Å². The number of nitrogens with zero attached hydrogens (tertiary/aromatic N) is 2. The molecule has 6 nitrogen and oxygen atoms in total. The molecule has 1 aromatic carbocycles. The quantitative estimate of drug-likeness (QED) is 0.427. The molecule has 0 aliphatic rings. The first kappa shape index (κ1) is 18.5. The molecule has 24 heavy (non-hydrogen) atoms. The Morgan fingerprint density at radius 1 is 1.54 bits per heavy atom. The number of benzene rings is 1. The molecule has 1 N–H and O–H groups in total. The predicted octanol–water partition coefficient (Wildman–Crippen LogP) is 1.65. The third-order valence-corrected chi connectivity index (χ3v) is 4.59. The van der Waals surface area contributed by atoms with E-state index in [9.17, 15) is 9.59 Å². The Labute approximate surface area is 152 Å². The molecule has 0 atom stereocenters. The highest BCUT2D eigenvalue weighted by atomic mass is 79.9. The number of amides is 1. The zero-order valence-electron chi connectivity index (χ0n) is 13.0. The Balaban J connectivity index is 2.36. The lowest BCUT2D eigenvalue weighted by atomic mass is 10.2. The van der Waals surface area contributed by atoms with Crippen molar-refractivity contribution in [3.8, 4) is 12.3 Å². The van der Waals surface area contributed by atoms with Gasteiger partial charge in [0.25, 0.3) is 5.56 Å². The first-order valence-corrected chi connectivity index (χ1v) is 8.86. The van der Waals surface area contributed by atoms with E-state index < -0.39 is 0 Å². The van der Waals surface area contributed by atoms with Gasteiger partial charge in [-0.2, -0.15) is 0 Å². The monoisotopic (exact) mass is 409 g/mol. The summed E-state index contributed by atoms with van der Waals surface area (Å²) in [7, 11) is 1.57. The number of hydrogen-bond acceptors (Lipinski definition) is 5. The third-order valence-electron chi connectivity index (χ3n) is 3.12. The predicted molar refractivity (Wildman–Crippen MR) is 98.1 cm³/mol. The van der Waals surface area contributed by atoms with Gasteiger partial charge in [-0.25, -0.2) is 4.98 Å². The molecule has 0 saturated carbocycles. The van der Waals surface area contributed by atoms with E-state index >= 15 is 0 Å². The molecule has 126 valence electrons. The maximum Gasteiger partial charge on any atom is 0.262 e. The van der Waals surface area contributed by atoms with Crippen molar-refractivity contribution in [2.75, 3.05) is 26.0 Å². The van der Waals surface area contributed by atoms with Gasteiger partial charge in [0.05, 0.1) is 36.4 Å². The molecule has 0 radical (unpaired) electrons. The van der Waals surface area contributed by atoms with Crippen molar-refractivity contribution < 1.29 is 9.53 Å². The molecule has 0 unspecified atom stereocenters. The lowest BCUT2D eigenvalue weighted by Gasteiger charge is -2.12. The van der Waals surface area contributed by atoms with Crippen molar-refractivity contribution in [3.05, 3.63) is 33.0 Å². The van der Waals surface area contributed by atoms with Crippen molar-refractivity contribution in [2.24, 2.45) is 0 Å². The van der Waals surface area contributed by atoms with Crippen LogP contribution in [0.3, 0.4) is 0 Å². The summed E-state index contributed by atoms with van der Waals surface area (Å²) in [5, 5.41) is 3.57. The molecule has 2 aromatic rings. The van der Waals surface area contributed by atoms with Crippen LogP contribution in [0.15, 0.2) is 32.6 Å². The minimum Gasteiger partial charge on any atom is -0.383 e. The van der Waals surface area contributed by atoms with Crippen LogP contribution in [0.1, 0.15) is 0 Å². The summed E-state index contributed by atoms with van der Waals surface area (Å²) in [6.07, 6.45) is 5.11. The molecule has 0 bridgehead atoms. The van der Waals surface area contributed by atoms with E-state index in [0.29, 0.717) is 29.2 Å². The number of methoxy groups -OCH3 is 1. The highest BCUT2D eigenvalue weighted by molar-refractivity contribution is 9.10. The second-order valence-corrected chi connectivity index (χ2v) is 6.63. The summed E-state index contributed by atoms with van der Waals surface area (Å²) in [5.41, 5.74) is 0.424. The average Bonchev–Trinajstić information content (AvgIpc) is 2.58. The number of aromatic nitrogens is 2. The molecule has 1 aromatic heterocycles. The molecule has 8 heteroatoms. The van der Waals surface area contributed by atoms with Crippen LogP contribution in [-0.2, 0) is 16.1 Å². The number of terminal acetylenes is 1. The fourth-order valence-electron chi connectivity index (χ4n) is 1.99. The lowest BCUT2D eigenvalue weighted by Crippen LogP contribution is -2.28. The maximum atomic E-state index is 12.7. The molecule has 0 fully saturated rings. The minimum absolute atomic E-state index is 0.128. The van der Waals surface area contributed by atoms with Crippen LogP contribution in [-0.4, -0.2) is 41.5 Å². The van der Waals surface area contributed by atoms with E-state index in [2.05, 4.69) is 32.2 Å². The number of rotatable bonds is 7. The highest BCUT2D eigenvalue weighted by Gasteiger charge is 2.13. The van der Waals surface area contributed by atoms with Crippen molar-refractivity contribution in [2.45, 2.75) is 11.7 Å². The van der Waals surface area contributed by atoms with E-state index in [1.165, 1.54) is 16.3 Å². The molecule has 1 amide bonds. The topological polar surface area (TPSA) is 73.2 Å². The second kappa shape index (κ2) is 8.87. The van der Waals surface area contributed by atoms with Gasteiger partial charge in [-0.05, 0) is 18.2 Å². The molecule has 0 saturated heterocycles. The van der Waals surface area contributed by atoms with Gasteiger partial charge in [0.1, 0.15) is 0 Å². The Bertz CT molecular complexity index is 845. The minimum atomic E-state index is -0.207. The summed E-state index contributed by atoms with van der Waals surface area (Å²) in [5.74, 6) is 2.26. The Hall–Kier alpha value is -1.82. The smallest absolute Gasteiger partial charge is 0.262 e. The maximum absolute atomic E-state index is 12.7. The standard InChI is InChI=1S/C16H16BrN3O3S/c1-3-6-18-14(21)10-24-16-19-13-5-4-11(17)9-12(13)15(22)20(16)7-8-23-2/h1,4-5,9H,6-8,10H2,2H3,(H,18,21). The number of ether oxygens (including phenoxy) is 1. The van der Waals surface area contributed by atoms with Gasteiger partial charge in [-0.15, -0.1) is 6.42 Å².